The predicted octanol–water partition coefficient (Wildman–Crippen LogP) is 7.83. The molecule has 3 aromatic rings. The largest absolute Gasteiger partial charge is 0.490 e. The highest BCUT2D eigenvalue weighted by atomic mass is 79.9. The highest BCUT2D eigenvalue weighted by Crippen LogP contribution is 2.40. The molecular formula is C27H18BrCl2F3N2O5S. The number of anilines is 1. The molecule has 1 fully saturated rings. The van der Waals surface area contributed by atoms with E-state index in [0.29, 0.717) is 60.9 Å². The van der Waals surface area contributed by atoms with Gasteiger partial charge in [0.1, 0.15) is 13.2 Å². The molecule has 0 radical (unpaired) electrons. The molecular weight excluding hydrogens is 672 g/mol. The van der Waals surface area contributed by atoms with Crippen LogP contribution in [-0.4, -0.2) is 35.1 Å². The van der Waals surface area contributed by atoms with Crippen molar-refractivity contribution in [2.24, 2.45) is 0 Å². The van der Waals surface area contributed by atoms with E-state index in [4.69, 9.17) is 32.7 Å². The summed E-state index contributed by atoms with van der Waals surface area (Å²) >= 11 is 16.1. The minimum absolute atomic E-state index is 0.0145. The van der Waals surface area contributed by atoms with Gasteiger partial charge in [0, 0.05) is 0 Å². The smallest absolute Gasteiger partial charge is 0.294 e. The molecule has 1 saturated heterocycles. The van der Waals surface area contributed by atoms with E-state index >= 15 is 0 Å². The third-order valence-corrected chi connectivity index (χ3v) is 7.72. The van der Waals surface area contributed by atoms with Gasteiger partial charge in [0.25, 0.3) is 11.1 Å². The number of hydrogen-bond acceptors (Lipinski definition) is 6. The lowest BCUT2D eigenvalue weighted by Crippen LogP contribution is -2.36. The van der Waals surface area contributed by atoms with E-state index in [0.717, 1.165) is 11.6 Å². The van der Waals surface area contributed by atoms with Crippen LogP contribution in [0.5, 0.6) is 11.5 Å². The number of halogens is 6. The van der Waals surface area contributed by atoms with Gasteiger partial charge < -0.3 is 14.8 Å². The van der Waals surface area contributed by atoms with Gasteiger partial charge in [0.15, 0.2) is 29.0 Å². The summed E-state index contributed by atoms with van der Waals surface area (Å²) in [6.07, 6.45) is 1.44. The number of imide groups is 1. The van der Waals surface area contributed by atoms with E-state index < -0.39 is 46.7 Å². The topological polar surface area (TPSA) is 84.9 Å². The van der Waals surface area contributed by atoms with Gasteiger partial charge in [0.2, 0.25) is 5.91 Å². The van der Waals surface area contributed by atoms with Gasteiger partial charge >= 0.3 is 0 Å². The zero-order chi connectivity index (χ0) is 29.8. The van der Waals surface area contributed by atoms with Crippen molar-refractivity contribution in [1.82, 2.24) is 4.90 Å². The SMILES string of the molecule is CCOc1cc(/C=C2/SC(=O)N(CC(=O)Nc3ccc(F)c(F)c3F)C2=O)cc(Br)c1OCc1ccc(Cl)c(Cl)c1. The molecule has 7 nitrogen and oxygen atoms in total. The van der Waals surface area contributed by atoms with E-state index in [-0.39, 0.29) is 11.5 Å². The minimum atomic E-state index is -1.76. The molecule has 0 aromatic heterocycles. The molecule has 3 aromatic carbocycles. The molecule has 1 aliphatic heterocycles. The van der Waals surface area contributed by atoms with Crippen molar-refractivity contribution in [3.05, 3.63) is 90.5 Å². The summed E-state index contributed by atoms with van der Waals surface area (Å²) in [6, 6.07) is 9.82. The Kier molecular flexibility index (Phi) is 9.90. The Balaban J connectivity index is 1.49. The van der Waals surface area contributed by atoms with Crippen molar-refractivity contribution in [1.29, 1.82) is 0 Å². The second-order valence-electron chi connectivity index (χ2n) is 8.34. The van der Waals surface area contributed by atoms with Crippen molar-refractivity contribution < 1.29 is 37.0 Å². The molecule has 0 bridgehead atoms. The Morgan fingerprint density at radius 1 is 1.05 bits per heavy atom. The van der Waals surface area contributed by atoms with Crippen molar-refractivity contribution in [2.75, 3.05) is 18.5 Å². The predicted molar refractivity (Wildman–Crippen MR) is 154 cm³/mol. The molecule has 214 valence electrons. The molecule has 0 spiro atoms. The van der Waals surface area contributed by atoms with Crippen LogP contribution in [0.4, 0.5) is 23.7 Å². The van der Waals surface area contributed by atoms with Gasteiger partial charge in [-0.2, -0.15) is 0 Å². The first-order valence-corrected chi connectivity index (χ1v) is 14.1. The van der Waals surface area contributed by atoms with E-state index in [1.807, 2.05) is 5.32 Å². The van der Waals surface area contributed by atoms with Gasteiger partial charge in [-0.05, 0) is 88.2 Å². The lowest BCUT2D eigenvalue weighted by atomic mass is 10.1. The second kappa shape index (κ2) is 13.2. The summed E-state index contributed by atoms with van der Waals surface area (Å²) in [5.41, 5.74) is 0.620. The van der Waals surface area contributed by atoms with Crippen LogP contribution in [0.3, 0.4) is 0 Å². The van der Waals surface area contributed by atoms with Gasteiger partial charge in [-0.15, -0.1) is 0 Å². The minimum Gasteiger partial charge on any atom is -0.490 e. The summed E-state index contributed by atoms with van der Waals surface area (Å²) in [4.78, 5) is 38.4. The Morgan fingerprint density at radius 2 is 1.80 bits per heavy atom. The maximum Gasteiger partial charge on any atom is 0.294 e. The Hall–Kier alpha value is -3.19. The van der Waals surface area contributed by atoms with Crippen molar-refractivity contribution >= 4 is 79.7 Å². The van der Waals surface area contributed by atoms with Crippen LogP contribution in [-0.2, 0) is 16.2 Å². The maximum atomic E-state index is 13.9. The monoisotopic (exact) mass is 688 g/mol. The van der Waals surface area contributed by atoms with Gasteiger partial charge in [-0.25, -0.2) is 13.2 Å². The number of hydrogen-bond donors (Lipinski definition) is 1. The highest BCUT2D eigenvalue weighted by molar-refractivity contribution is 9.10. The Labute approximate surface area is 254 Å². The van der Waals surface area contributed by atoms with Gasteiger partial charge in [-0.1, -0.05) is 29.3 Å². The van der Waals surface area contributed by atoms with Crippen LogP contribution in [0.2, 0.25) is 10.0 Å². The molecule has 4 rings (SSSR count). The number of rotatable bonds is 9. The highest BCUT2D eigenvalue weighted by Gasteiger charge is 2.36. The number of carbonyl (C=O) groups is 3. The molecule has 0 unspecified atom stereocenters. The first-order chi connectivity index (χ1) is 19.5. The lowest BCUT2D eigenvalue weighted by molar-refractivity contribution is -0.127. The Bertz CT molecular complexity index is 1590. The first kappa shape index (κ1) is 30.8. The fourth-order valence-corrected chi connectivity index (χ4v) is 5.34. The Morgan fingerprint density at radius 3 is 2.51 bits per heavy atom. The maximum absolute atomic E-state index is 13.9. The quantitative estimate of drug-likeness (QED) is 0.182. The van der Waals surface area contributed by atoms with Crippen LogP contribution in [0.25, 0.3) is 6.08 Å². The van der Waals surface area contributed by atoms with E-state index in [1.165, 1.54) is 6.08 Å². The van der Waals surface area contributed by atoms with Gasteiger partial charge in [0.05, 0.1) is 31.7 Å². The first-order valence-electron chi connectivity index (χ1n) is 11.7. The molecule has 1 N–H and O–H groups in total. The van der Waals surface area contributed by atoms with Crippen LogP contribution >= 0.6 is 50.9 Å². The zero-order valence-corrected chi connectivity index (χ0v) is 24.8. The molecule has 14 heteroatoms. The molecule has 1 heterocycles. The second-order valence-corrected chi connectivity index (χ2v) is 11.0. The molecule has 0 saturated carbocycles. The number of carbonyl (C=O) groups excluding carboxylic acids is 3. The molecule has 0 aliphatic carbocycles. The normalized spacial score (nSPS) is 14.1. The van der Waals surface area contributed by atoms with Crippen molar-refractivity contribution in [3.8, 4) is 11.5 Å². The number of nitrogens with zero attached hydrogens (tertiary/aromatic N) is 1. The molecule has 3 amide bonds. The van der Waals surface area contributed by atoms with Crippen LogP contribution in [0.15, 0.2) is 51.8 Å². The third-order valence-electron chi connectivity index (χ3n) is 5.48. The van der Waals surface area contributed by atoms with Crippen molar-refractivity contribution in [2.45, 2.75) is 13.5 Å². The lowest BCUT2D eigenvalue weighted by Gasteiger charge is -2.15. The van der Waals surface area contributed by atoms with E-state index in [2.05, 4.69) is 15.9 Å². The zero-order valence-electron chi connectivity index (χ0n) is 20.9. The summed E-state index contributed by atoms with van der Waals surface area (Å²) < 4.78 is 52.6. The average Bonchev–Trinajstić information content (AvgIpc) is 3.17. The number of thioether (sulfide) groups is 1. The summed E-state index contributed by atoms with van der Waals surface area (Å²) in [6.45, 7) is 1.48. The van der Waals surface area contributed by atoms with Crippen LogP contribution in [0.1, 0.15) is 18.1 Å². The van der Waals surface area contributed by atoms with Crippen molar-refractivity contribution in [3.63, 3.8) is 0 Å². The molecule has 1 aliphatic rings. The van der Waals surface area contributed by atoms with Crippen LogP contribution in [0, 0.1) is 17.5 Å². The summed E-state index contributed by atoms with van der Waals surface area (Å²) in [5.74, 6) is -5.79. The fourth-order valence-electron chi connectivity index (χ4n) is 3.60. The molecule has 0 atom stereocenters. The standard InChI is InChI=1S/C27H18BrCl2F3N2O5S/c1-2-39-20-9-14(7-15(28)25(20)40-12-13-3-4-16(29)17(30)8-13)10-21-26(37)35(27(38)41-21)11-22(36)34-19-6-5-18(31)23(32)24(19)33/h3-10H,2,11-12H2,1H3,(H,34,36)/b21-10+. The number of ether oxygens (including phenoxy) is 2. The molecule has 41 heavy (non-hydrogen) atoms. The van der Waals surface area contributed by atoms with Gasteiger partial charge in [-0.3, -0.25) is 19.3 Å². The van der Waals surface area contributed by atoms with E-state index in [1.54, 1.807) is 37.3 Å². The summed E-state index contributed by atoms with van der Waals surface area (Å²) in [7, 11) is 0. The van der Waals surface area contributed by atoms with Crippen LogP contribution < -0.4 is 14.8 Å². The third kappa shape index (κ3) is 7.18. The number of nitrogens with one attached hydrogen (secondary N) is 1. The van der Waals surface area contributed by atoms with E-state index in [9.17, 15) is 27.6 Å². The fraction of sp³-hybridized carbons (Fsp3) is 0.148. The average molecular weight is 690 g/mol. The number of amides is 3. The summed E-state index contributed by atoms with van der Waals surface area (Å²) in [5, 5.41) is 2.09. The number of benzene rings is 3.